The molecular formula is C19H29NO3. The van der Waals surface area contributed by atoms with Gasteiger partial charge in [0.05, 0.1) is 21.7 Å². The first-order valence-corrected chi connectivity index (χ1v) is 7.89. The Morgan fingerprint density at radius 1 is 1.48 bits per heavy atom. The predicted octanol–water partition coefficient (Wildman–Crippen LogP) is 3.03. The highest BCUT2D eigenvalue weighted by atomic mass is 16.5. The SMILES string of the molecule is [2H]C12CC(O)C(C([2H])([2H])C([2H])(C)C([2H])([2H])[2H])CN1CCc1cc(OC)c(OC)cc12. The lowest BCUT2D eigenvalue weighted by Crippen LogP contribution is -2.48. The maximum absolute atomic E-state index is 10.9. The molecule has 1 aromatic rings. The molecule has 2 aliphatic heterocycles. The van der Waals surface area contributed by atoms with E-state index >= 15 is 0 Å². The van der Waals surface area contributed by atoms with E-state index in [2.05, 4.69) is 0 Å². The summed E-state index contributed by atoms with van der Waals surface area (Å²) in [6, 6.07) is 2.25. The van der Waals surface area contributed by atoms with Crippen LogP contribution < -0.4 is 9.47 Å². The fourth-order valence-corrected chi connectivity index (χ4v) is 3.52. The number of piperidine rings is 1. The van der Waals surface area contributed by atoms with Crippen LogP contribution in [0.3, 0.4) is 0 Å². The summed E-state index contributed by atoms with van der Waals surface area (Å²) >= 11 is 0. The van der Waals surface area contributed by atoms with Gasteiger partial charge in [0.1, 0.15) is 0 Å². The number of methoxy groups -OCH3 is 2. The van der Waals surface area contributed by atoms with Crippen LogP contribution in [-0.2, 0) is 6.42 Å². The fourth-order valence-electron chi connectivity index (χ4n) is 3.52. The maximum Gasteiger partial charge on any atom is 0.161 e. The molecule has 1 aromatic carbocycles. The average molecular weight is 326 g/mol. The first-order chi connectivity index (χ1) is 13.7. The zero-order chi connectivity index (χ0) is 22.7. The summed E-state index contributed by atoms with van der Waals surface area (Å²) in [6.45, 7) is -1.37. The molecule has 4 unspecified atom stereocenters. The topological polar surface area (TPSA) is 41.9 Å². The number of aliphatic hydroxyl groups excluding tert-OH is 1. The lowest BCUT2D eigenvalue weighted by Gasteiger charge is -2.46. The summed E-state index contributed by atoms with van der Waals surface area (Å²) in [5.41, 5.74) is 1.56. The second-order valence-electron chi connectivity index (χ2n) is 6.15. The normalized spacial score (nSPS) is 38.9. The van der Waals surface area contributed by atoms with E-state index in [-0.39, 0.29) is 13.0 Å². The molecule has 4 heteroatoms. The zero-order valence-corrected chi connectivity index (χ0v) is 13.8. The van der Waals surface area contributed by atoms with Crippen molar-refractivity contribution in [1.29, 1.82) is 0 Å². The van der Waals surface area contributed by atoms with Crippen LogP contribution in [0.2, 0.25) is 0 Å². The molecule has 0 bridgehead atoms. The van der Waals surface area contributed by atoms with Crippen LogP contribution in [0.1, 0.15) is 53.3 Å². The Morgan fingerprint density at radius 3 is 2.91 bits per heavy atom. The van der Waals surface area contributed by atoms with Crippen LogP contribution in [0.15, 0.2) is 12.1 Å². The summed E-state index contributed by atoms with van der Waals surface area (Å²) in [5.74, 6) is -2.49. The molecule has 2 heterocycles. The van der Waals surface area contributed by atoms with Gasteiger partial charge >= 0.3 is 0 Å². The maximum atomic E-state index is 10.9. The van der Waals surface area contributed by atoms with Crippen molar-refractivity contribution in [2.45, 2.75) is 45.1 Å². The quantitative estimate of drug-likeness (QED) is 0.923. The second-order valence-corrected chi connectivity index (χ2v) is 6.15. The van der Waals surface area contributed by atoms with Crippen molar-refractivity contribution in [3.05, 3.63) is 23.3 Å². The molecule has 1 saturated heterocycles. The molecule has 1 fully saturated rings. The Balaban J connectivity index is 1.99. The van der Waals surface area contributed by atoms with E-state index in [1.54, 1.807) is 11.0 Å². The molecule has 0 radical (unpaired) electrons. The minimum absolute atomic E-state index is 0.0179. The van der Waals surface area contributed by atoms with E-state index in [9.17, 15) is 5.11 Å². The molecule has 128 valence electrons. The molecule has 2 aliphatic rings. The van der Waals surface area contributed by atoms with E-state index < -0.39 is 37.2 Å². The van der Waals surface area contributed by atoms with Crippen LogP contribution in [0.5, 0.6) is 11.5 Å². The Bertz CT molecular complexity index is 814. The molecule has 3 rings (SSSR count). The van der Waals surface area contributed by atoms with Gasteiger partial charge in [0.15, 0.2) is 11.5 Å². The van der Waals surface area contributed by atoms with Gasteiger partial charge in [0, 0.05) is 27.3 Å². The highest BCUT2D eigenvalue weighted by Gasteiger charge is 2.38. The monoisotopic (exact) mass is 326 g/mol. The molecular weight excluding hydrogens is 290 g/mol. The van der Waals surface area contributed by atoms with Gasteiger partial charge in [-0.2, -0.15) is 0 Å². The number of nitrogens with zero attached hydrogens (tertiary/aromatic N) is 1. The van der Waals surface area contributed by atoms with Gasteiger partial charge in [-0.25, -0.2) is 0 Å². The number of fused-ring (bicyclic) bond motifs is 3. The van der Waals surface area contributed by atoms with Crippen molar-refractivity contribution in [3.63, 3.8) is 0 Å². The van der Waals surface area contributed by atoms with Crippen molar-refractivity contribution in [2.75, 3.05) is 27.3 Å². The summed E-state index contributed by atoms with van der Waals surface area (Å²) in [4.78, 5) is 1.77. The molecule has 0 aromatic heterocycles. The van der Waals surface area contributed by atoms with Crippen LogP contribution in [0.4, 0.5) is 0 Å². The van der Waals surface area contributed by atoms with Gasteiger partial charge in [-0.05, 0) is 54.3 Å². The summed E-state index contributed by atoms with van der Waals surface area (Å²) in [6.07, 6.45) is -3.27. The van der Waals surface area contributed by atoms with Crippen molar-refractivity contribution in [3.8, 4) is 11.5 Å². The van der Waals surface area contributed by atoms with E-state index in [4.69, 9.17) is 19.1 Å². The Hall–Kier alpha value is -1.26. The highest BCUT2D eigenvalue weighted by Crippen LogP contribution is 2.43. The minimum atomic E-state index is -2.86. The fraction of sp³-hybridized carbons (Fsp3) is 0.684. The number of hydrogen-bond acceptors (Lipinski definition) is 4. The third kappa shape index (κ3) is 3.20. The standard InChI is InChI=1S/C19H29NO3/c1-12(2)7-14-11-20-6-5-13-8-18(22-3)19(23-4)9-15(13)16(20)10-17(14)21/h8-9,12,14,16-17,21H,5-7,10-11H2,1-4H3/i1D3,7D2,12D,16D. The first-order valence-electron chi connectivity index (χ1n) is 11.4. The van der Waals surface area contributed by atoms with Crippen molar-refractivity contribution >= 4 is 0 Å². The van der Waals surface area contributed by atoms with Crippen molar-refractivity contribution in [2.24, 2.45) is 11.8 Å². The van der Waals surface area contributed by atoms with Gasteiger partial charge in [0.2, 0.25) is 0 Å². The lowest BCUT2D eigenvalue weighted by molar-refractivity contribution is -0.0191. The number of ether oxygens (including phenoxy) is 2. The lowest BCUT2D eigenvalue weighted by atomic mass is 9.79. The number of benzene rings is 1. The van der Waals surface area contributed by atoms with Gasteiger partial charge in [-0.1, -0.05) is 13.8 Å². The van der Waals surface area contributed by atoms with Crippen LogP contribution in [-0.4, -0.2) is 43.4 Å². The van der Waals surface area contributed by atoms with Gasteiger partial charge in [0.25, 0.3) is 0 Å². The van der Waals surface area contributed by atoms with E-state index in [0.29, 0.717) is 30.0 Å². The molecule has 4 nitrogen and oxygen atoms in total. The number of rotatable bonds is 4. The summed E-state index contributed by atoms with van der Waals surface area (Å²) < 4.78 is 68.0. The molecule has 0 spiro atoms. The van der Waals surface area contributed by atoms with Gasteiger partial charge < -0.3 is 14.6 Å². The third-order valence-corrected chi connectivity index (χ3v) is 4.64. The predicted molar refractivity (Wildman–Crippen MR) is 91.1 cm³/mol. The molecule has 4 atom stereocenters. The van der Waals surface area contributed by atoms with Crippen LogP contribution >= 0.6 is 0 Å². The Kier molecular flexibility index (Phi) is 2.88. The minimum Gasteiger partial charge on any atom is -0.493 e. The van der Waals surface area contributed by atoms with Crippen LogP contribution in [0, 0.1) is 11.8 Å². The molecule has 0 saturated carbocycles. The second kappa shape index (κ2) is 6.70. The summed E-state index contributed by atoms with van der Waals surface area (Å²) in [7, 11) is 3.04. The van der Waals surface area contributed by atoms with E-state index in [1.165, 1.54) is 14.2 Å². The van der Waals surface area contributed by atoms with Crippen molar-refractivity contribution < 1.29 is 24.2 Å². The number of aliphatic hydroxyl groups is 1. The van der Waals surface area contributed by atoms with Crippen molar-refractivity contribution in [1.82, 2.24) is 4.90 Å². The third-order valence-electron chi connectivity index (χ3n) is 4.64. The van der Waals surface area contributed by atoms with E-state index in [1.807, 2.05) is 6.07 Å². The van der Waals surface area contributed by atoms with Gasteiger partial charge in [-0.15, -0.1) is 0 Å². The average Bonchev–Trinajstić information content (AvgIpc) is 2.64. The number of hydrogen-bond donors (Lipinski definition) is 1. The largest absolute Gasteiger partial charge is 0.493 e. The molecule has 1 N–H and O–H groups in total. The highest BCUT2D eigenvalue weighted by molar-refractivity contribution is 5.49. The van der Waals surface area contributed by atoms with Gasteiger partial charge in [-0.3, -0.25) is 4.90 Å². The molecule has 0 amide bonds. The smallest absolute Gasteiger partial charge is 0.161 e. The molecule has 0 aliphatic carbocycles. The Morgan fingerprint density at radius 2 is 2.22 bits per heavy atom. The van der Waals surface area contributed by atoms with Crippen LogP contribution in [0.25, 0.3) is 0 Å². The molecule has 23 heavy (non-hydrogen) atoms. The first kappa shape index (κ1) is 9.90. The Labute approximate surface area is 149 Å². The van der Waals surface area contributed by atoms with E-state index in [0.717, 1.165) is 12.5 Å². The zero-order valence-electron chi connectivity index (χ0n) is 20.8. The summed E-state index contributed by atoms with van der Waals surface area (Å²) in [5, 5.41) is 10.9.